The van der Waals surface area contributed by atoms with Crippen LogP contribution in [0.4, 0.5) is 5.13 Å². The molecule has 0 aliphatic heterocycles. The van der Waals surface area contributed by atoms with Gasteiger partial charge in [0.1, 0.15) is 0 Å². The molecule has 0 saturated heterocycles. The van der Waals surface area contributed by atoms with Gasteiger partial charge in [0, 0.05) is 15.6 Å². The third-order valence-corrected chi connectivity index (χ3v) is 6.09. The van der Waals surface area contributed by atoms with Gasteiger partial charge in [-0.05, 0) is 41.8 Å². The molecule has 0 atom stereocenters. The monoisotopic (exact) mass is 451 g/mol. The summed E-state index contributed by atoms with van der Waals surface area (Å²) in [4.78, 5) is 5.92. The second-order valence-electron chi connectivity index (χ2n) is 6.60. The first-order valence-electron chi connectivity index (χ1n) is 9.54. The molecule has 0 unspecified atom stereocenters. The fourth-order valence-corrected chi connectivity index (χ4v) is 4.25. The van der Waals surface area contributed by atoms with Crippen molar-refractivity contribution in [3.8, 4) is 21.7 Å². The number of hydrazone groups is 1. The second-order valence-corrected chi connectivity index (χ2v) is 8.47. The van der Waals surface area contributed by atoms with Crippen LogP contribution in [0.25, 0.3) is 21.7 Å². The van der Waals surface area contributed by atoms with Crippen molar-refractivity contribution in [2.24, 2.45) is 5.10 Å². The number of halogens is 2. The molecule has 0 aliphatic carbocycles. The third kappa shape index (κ3) is 4.73. The second kappa shape index (κ2) is 9.43. The standard InChI is InChI=1S/C24H19Cl2N3S/c1-2-21(16-8-12-19(25)13-9-16)28-29-24-27-22(17-10-14-20(26)15-11-17)23(30-24)18-6-4-3-5-7-18/h3-15H,2H2,1H3,(H,27,29)/b28-21+. The zero-order valence-electron chi connectivity index (χ0n) is 16.3. The van der Waals surface area contributed by atoms with E-state index < -0.39 is 0 Å². The van der Waals surface area contributed by atoms with E-state index in [-0.39, 0.29) is 0 Å². The van der Waals surface area contributed by atoms with Gasteiger partial charge in [-0.3, -0.25) is 5.43 Å². The minimum atomic E-state index is 0.703. The lowest BCUT2D eigenvalue weighted by molar-refractivity contribution is 1.21. The minimum Gasteiger partial charge on any atom is -0.252 e. The minimum absolute atomic E-state index is 0.703. The Morgan fingerprint density at radius 2 is 1.50 bits per heavy atom. The SMILES string of the molecule is CC/C(=N\Nc1nc(-c2ccc(Cl)cc2)c(-c2ccccc2)s1)c1ccc(Cl)cc1. The van der Waals surface area contributed by atoms with E-state index in [0.717, 1.165) is 44.5 Å². The first-order valence-corrected chi connectivity index (χ1v) is 11.1. The number of nitrogens with zero attached hydrogens (tertiary/aromatic N) is 2. The van der Waals surface area contributed by atoms with Crippen LogP contribution >= 0.6 is 34.5 Å². The number of thiazole rings is 1. The molecular formula is C24H19Cl2N3S. The summed E-state index contributed by atoms with van der Waals surface area (Å²) in [5.74, 6) is 0. The van der Waals surface area contributed by atoms with Crippen LogP contribution in [0.15, 0.2) is 84.0 Å². The molecular weight excluding hydrogens is 433 g/mol. The van der Waals surface area contributed by atoms with E-state index >= 15 is 0 Å². The van der Waals surface area contributed by atoms with Crippen molar-refractivity contribution in [3.05, 3.63) is 94.5 Å². The van der Waals surface area contributed by atoms with E-state index in [9.17, 15) is 0 Å². The van der Waals surface area contributed by atoms with E-state index in [4.69, 9.17) is 28.2 Å². The summed E-state index contributed by atoms with van der Waals surface area (Å²) in [6, 6.07) is 25.7. The van der Waals surface area contributed by atoms with Crippen LogP contribution in [0.5, 0.6) is 0 Å². The molecule has 4 aromatic rings. The fraction of sp³-hybridized carbons (Fsp3) is 0.0833. The summed E-state index contributed by atoms with van der Waals surface area (Å²) in [5, 5.41) is 6.77. The van der Waals surface area contributed by atoms with Crippen LogP contribution in [0.3, 0.4) is 0 Å². The van der Waals surface area contributed by atoms with E-state index in [1.54, 1.807) is 11.3 Å². The zero-order chi connectivity index (χ0) is 20.9. The van der Waals surface area contributed by atoms with E-state index in [1.807, 2.05) is 66.7 Å². The van der Waals surface area contributed by atoms with Gasteiger partial charge in [-0.15, -0.1) is 0 Å². The summed E-state index contributed by atoms with van der Waals surface area (Å²) in [7, 11) is 0. The highest BCUT2D eigenvalue weighted by Crippen LogP contribution is 2.39. The Morgan fingerprint density at radius 3 is 2.13 bits per heavy atom. The van der Waals surface area contributed by atoms with Crippen LogP contribution in [-0.2, 0) is 0 Å². The number of nitrogens with one attached hydrogen (secondary N) is 1. The van der Waals surface area contributed by atoms with Gasteiger partial charge in [0.2, 0.25) is 5.13 Å². The third-order valence-electron chi connectivity index (χ3n) is 4.58. The maximum Gasteiger partial charge on any atom is 0.204 e. The Balaban J connectivity index is 1.70. The lowest BCUT2D eigenvalue weighted by atomic mass is 10.1. The normalized spacial score (nSPS) is 11.5. The predicted octanol–water partition coefficient (Wildman–Crippen LogP) is 8.01. The number of benzene rings is 3. The van der Waals surface area contributed by atoms with Crippen LogP contribution in [-0.4, -0.2) is 10.7 Å². The first kappa shape index (κ1) is 20.6. The highest BCUT2D eigenvalue weighted by molar-refractivity contribution is 7.19. The fourth-order valence-electron chi connectivity index (χ4n) is 3.06. The first-order chi connectivity index (χ1) is 14.6. The van der Waals surface area contributed by atoms with Crippen molar-refractivity contribution in [3.63, 3.8) is 0 Å². The molecule has 0 bridgehead atoms. The molecule has 1 heterocycles. The Labute approximate surface area is 190 Å². The van der Waals surface area contributed by atoms with Crippen molar-refractivity contribution in [1.29, 1.82) is 0 Å². The van der Waals surface area contributed by atoms with Gasteiger partial charge >= 0.3 is 0 Å². The lowest BCUT2D eigenvalue weighted by Crippen LogP contribution is -2.02. The van der Waals surface area contributed by atoms with Gasteiger partial charge in [0.15, 0.2) is 0 Å². The topological polar surface area (TPSA) is 37.3 Å². The molecule has 0 spiro atoms. The summed E-state index contributed by atoms with van der Waals surface area (Å²) in [6.07, 6.45) is 0.787. The Bertz CT molecular complexity index is 1150. The van der Waals surface area contributed by atoms with Crippen LogP contribution in [0.2, 0.25) is 10.0 Å². The molecule has 1 N–H and O–H groups in total. The number of hydrogen-bond acceptors (Lipinski definition) is 4. The Hall–Kier alpha value is -2.66. The maximum absolute atomic E-state index is 6.07. The number of hydrogen-bond donors (Lipinski definition) is 1. The smallest absolute Gasteiger partial charge is 0.204 e. The number of rotatable bonds is 6. The maximum atomic E-state index is 6.07. The highest BCUT2D eigenvalue weighted by atomic mass is 35.5. The largest absolute Gasteiger partial charge is 0.252 e. The molecule has 0 fully saturated rings. The van der Waals surface area contributed by atoms with Crippen molar-refractivity contribution in [2.45, 2.75) is 13.3 Å². The number of aromatic nitrogens is 1. The summed E-state index contributed by atoms with van der Waals surface area (Å²) in [5.41, 5.74) is 8.17. The van der Waals surface area contributed by atoms with E-state index in [2.05, 4.69) is 29.6 Å². The van der Waals surface area contributed by atoms with Gasteiger partial charge in [0.25, 0.3) is 0 Å². The average molecular weight is 452 g/mol. The average Bonchev–Trinajstić information content (AvgIpc) is 3.21. The quantitative estimate of drug-likeness (QED) is 0.238. The molecule has 150 valence electrons. The van der Waals surface area contributed by atoms with Gasteiger partial charge < -0.3 is 0 Å². The van der Waals surface area contributed by atoms with E-state index in [1.165, 1.54) is 0 Å². The summed E-state index contributed by atoms with van der Waals surface area (Å²) in [6.45, 7) is 2.07. The van der Waals surface area contributed by atoms with Crippen LogP contribution < -0.4 is 5.43 Å². The molecule has 3 aromatic carbocycles. The molecule has 0 saturated carbocycles. The van der Waals surface area contributed by atoms with Crippen LogP contribution in [0, 0.1) is 0 Å². The Morgan fingerprint density at radius 1 is 0.867 bits per heavy atom. The molecule has 6 heteroatoms. The molecule has 4 rings (SSSR count). The zero-order valence-corrected chi connectivity index (χ0v) is 18.6. The number of anilines is 1. The van der Waals surface area contributed by atoms with Gasteiger partial charge in [0.05, 0.1) is 16.3 Å². The molecule has 0 radical (unpaired) electrons. The van der Waals surface area contributed by atoms with Gasteiger partial charge in [-0.25, -0.2) is 4.98 Å². The van der Waals surface area contributed by atoms with Gasteiger partial charge in [-0.2, -0.15) is 5.10 Å². The van der Waals surface area contributed by atoms with Gasteiger partial charge in [-0.1, -0.05) is 96.1 Å². The van der Waals surface area contributed by atoms with Crippen LogP contribution in [0.1, 0.15) is 18.9 Å². The highest BCUT2D eigenvalue weighted by Gasteiger charge is 2.15. The summed E-state index contributed by atoms with van der Waals surface area (Å²) >= 11 is 13.7. The van der Waals surface area contributed by atoms with Crippen molar-refractivity contribution < 1.29 is 0 Å². The molecule has 30 heavy (non-hydrogen) atoms. The molecule has 3 nitrogen and oxygen atoms in total. The predicted molar refractivity (Wildman–Crippen MR) is 130 cm³/mol. The molecule has 0 amide bonds. The Kier molecular flexibility index (Phi) is 6.48. The van der Waals surface area contributed by atoms with Crippen molar-refractivity contribution in [1.82, 2.24) is 4.98 Å². The summed E-state index contributed by atoms with van der Waals surface area (Å²) < 4.78 is 0. The molecule has 1 aromatic heterocycles. The van der Waals surface area contributed by atoms with Crippen molar-refractivity contribution >= 4 is 45.4 Å². The lowest BCUT2D eigenvalue weighted by Gasteiger charge is -2.04. The van der Waals surface area contributed by atoms with Crippen molar-refractivity contribution in [2.75, 3.05) is 5.43 Å². The van der Waals surface area contributed by atoms with E-state index in [0.29, 0.717) is 10.0 Å². The molecule has 0 aliphatic rings.